The van der Waals surface area contributed by atoms with Crippen LogP contribution in [0.25, 0.3) is 11.4 Å². The zero-order chi connectivity index (χ0) is 13.1. The number of hydrazine groups is 1. The molecule has 2 rings (SSSR count). The van der Waals surface area contributed by atoms with Gasteiger partial charge in [0.25, 0.3) is 0 Å². The van der Waals surface area contributed by atoms with E-state index >= 15 is 0 Å². The Morgan fingerprint density at radius 2 is 2.17 bits per heavy atom. The van der Waals surface area contributed by atoms with Crippen molar-refractivity contribution in [1.82, 2.24) is 19.7 Å². The Hall–Kier alpha value is -1.95. The molecular formula is C12H18N6. The van der Waals surface area contributed by atoms with Crippen LogP contribution in [0.5, 0.6) is 0 Å². The highest BCUT2D eigenvalue weighted by Crippen LogP contribution is 2.21. The molecule has 0 unspecified atom stereocenters. The van der Waals surface area contributed by atoms with Crippen molar-refractivity contribution in [3.05, 3.63) is 24.2 Å². The number of aryl methyl sites for hydroxylation is 1. The number of nitrogen functional groups attached to an aromatic ring is 1. The minimum absolute atomic E-state index is 0.320. The molecule has 0 saturated heterocycles. The van der Waals surface area contributed by atoms with Gasteiger partial charge in [0.15, 0.2) is 5.82 Å². The summed E-state index contributed by atoms with van der Waals surface area (Å²) in [6, 6.07) is 1.86. The lowest BCUT2D eigenvalue weighted by Crippen LogP contribution is -2.11. The van der Waals surface area contributed by atoms with Crippen LogP contribution < -0.4 is 11.3 Å². The summed E-state index contributed by atoms with van der Waals surface area (Å²) in [5.74, 6) is 7.02. The van der Waals surface area contributed by atoms with E-state index in [0.717, 1.165) is 17.8 Å². The number of anilines is 1. The minimum Gasteiger partial charge on any atom is -0.308 e. The summed E-state index contributed by atoms with van der Waals surface area (Å²) in [5.41, 5.74) is 4.43. The van der Waals surface area contributed by atoms with Gasteiger partial charge in [0.1, 0.15) is 5.82 Å². The van der Waals surface area contributed by atoms with E-state index in [0.29, 0.717) is 17.6 Å². The highest BCUT2D eigenvalue weighted by atomic mass is 15.3. The fourth-order valence-corrected chi connectivity index (χ4v) is 1.62. The summed E-state index contributed by atoms with van der Waals surface area (Å²) in [6.45, 7) is 7.03. The van der Waals surface area contributed by atoms with Crippen molar-refractivity contribution in [3.63, 3.8) is 0 Å². The van der Waals surface area contributed by atoms with Gasteiger partial charge >= 0.3 is 0 Å². The Labute approximate surface area is 106 Å². The molecule has 2 aromatic rings. The fraction of sp³-hybridized carbons (Fsp3) is 0.417. The third kappa shape index (κ3) is 2.48. The summed E-state index contributed by atoms with van der Waals surface area (Å²) >= 11 is 0. The van der Waals surface area contributed by atoms with Crippen molar-refractivity contribution in [2.75, 3.05) is 5.43 Å². The fourth-order valence-electron chi connectivity index (χ4n) is 1.62. The molecular weight excluding hydrogens is 228 g/mol. The molecule has 18 heavy (non-hydrogen) atoms. The lowest BCUT2D eigenvalue weighted by atomic mass is 10.1. The van der Waals surface area contributed by atoms with E-state index in [9.17, 15) is 0 Å². The van der Waals surface area contributed by atoms with Crippen LogP contribution in [-0.4, -0.2) is 19.7 Å². The molecule has 0 aliphatic carbocycles. The standard InChI is InChI=1S/C12H18N6/c1-4-18-7-9(6-14-18)12-15-10(8(2)3)5-11(16-12)17-13/h5-8H,4,13H2,1-3H3,(H,15,16,17). The molecule has 0 aromatic carbocycles. The van der Waals surface area contributed by atoms with Gasteiger partial charge in [-0.25, -0.2) is 15.8 Å². The Balaban J connectivity index is 2.45. The maximum atomic E-state index is 5.44. The maximum Gasteiger partial charge on any atom is 0.165 e. The molecule has 0 atom stereocenters. The van der Waals surface area contributed by atoms with Gasteiger partial charge < -0.3 is 5.43 Å². The first-order chi connectivity index (χ1) is 8.63. The summed E-state index contributed by atoms with van der Waals surface area (Å²) < 4.78 is 1.84. The largest absolute Gasteiger partial charge is 0.308 e. The number of rotatable bonds is 4. The molecule has 0 saturated carbocycles. The summed E-state index contributed by atoms with van der Waals surface area (Å²) in [7, 11) is 0. The first kappa shape index (κ1) is 12.5. The van der Waals surface area contributed by atoms with Crippen LogP contribution in [0.1, 0.15) is 32.4 Å². The predicted molar refractivity (Wildman–Crippen MR) is 70.8 cm³/mol. The van der Waals surface area contributed by atoms with Crippen LogP contribution in [0.15, 0.2) is 18.5 Å². The summed E-state index contributed by atoms with van der Waals surface area (Å²) in [4.78, 5) is 8.89. The van der Waals surface area contributed by atoms with Gasteiger partial charge in [-0.15, -0.1) is 0 Å². The number of nitrogens with one attached hydrogen (secondary N) is 1. The summed E-state index contributed by atoms with van der Waals surface area (Å²) in [5, 5.41) is 4.23. The second kappa shape index (κ2) is 5.14. The SMILES string of the molecule is CCn1cc(-c2nc(NN)cc(C(C)C)n2)cn1. The molecule has 0 aliphatic rings. The van der Waals surface area contributed by atoms with Crippen LogP contribution in [-0.2, 0) is 6.54 Å². The number of nitrogens with two attached hydrogens (primary N) is 1. The highest BCUT2D eigenvalue weighted by Gasteiger charge is 2.10. The third-order valence-electron chi connectivity index (χ3n) is 2.70. The average Bonchev–Trinajstić information content (AvgIpc) is 2.86. The van der Waals surface area contributed by atoms with Crippen LogP contribution in [0.4, 0.5) is 5.82 Å². The van der Waals surface area contributed by atoms with Gasteiger partial charge in [-0.2, -0.15) is 5.10 Å². The van der Waals surface area contributed by atoms with Crippen molar-refractivity contribution in [2.45, 2.75) is 33.2 Å². The molecule has 0 amide bonds. The molecule has 0 bridgehead atoms. The molecule has 2 heterocycles. The van der Waals surface area contributed by atoms with Crippen molar-refractivity contribution in [3.8, 4) is 11.4 Å². The van der Waals surface area contributed by atoms with E-state index in [1.807, 2.05) is 23.9 Å². The van der Waals surface area contributed by atoms with Gasteiger partial charge in [0, 0.05) is 24.5 Å². The van der Waals surface area contributed by atoms with Crippen LogP contribution in [0.2, 0.25) is 0 Å². The predicted octanol–water partition coefficient (Wildman–Crippen LogP) is 1.77. The average molecular weight is 246 g/mol. The Morgan fingerprint density at radius 1 is 1.39 bits per heavy atom. The van der Waals surface area contributed by atoms with Crippen molar-refractivity contribution in [1.29, 1.82) is 0 Å². The molecule has 6 heteroatoms. The van der Waals surface area contributed by atoms with Crippen molar-refractivity contribution >= 4 is 5.82 Å². The van der Waals surface area contributed by atoms with E-state index < -0.39 is 0 Å². The Kier molecular flexibility index (Phi) is 3.57. The smallest absolute Gasteiger partial charge is 0.165 e. The number of aromatic nitrogens is 4. The van der Waals surface area contributed by atoms with Crippen LogP contribution in [0.3, 0.4) is 0 Å². The van der Waals surface area contributed by atoms with Gasteiger partial charge in [0.05, 0.1) is 11.8 Å². The number of nitrogens with zero attached hydrogens (tertiary/aromatic N) is 4. The monoisotopic (exact) mass is 246 g/mol. The van der Waals surface area contributed by atoms with Gasteiger partial charge in [-0.1, -0.05) is 13.8 Å². The first-order valence-electron chi connectivity index (χ1n) is 6.02. The van der Waals surface area contributed by atoms with Crippen LogP contribution in [0, 0.1) is 0 Å². The number of hydrogen-bond acceptors (Lipinski definition) is 5. The molecule has 0 spiro atoms. The molecule has 2 aromatic heterocycles. The minimum atomic E-state index is 0.320. The van der Waals surface area contributed by atoms with E-state index in [1.54, 1.807) is 6.20 Å². The van der Waals surface area contributed by atoms with Crippen molar-refractivity contribution < 1.29 is 0 Å². The lowest BCUT2D eigenvalue weighted by molar-refractivity contribution is 0.660. The molecule has 6 nitrogen and oxygen atoms in total. The van der Waals surface area contributed by atoms with Gasteiger partial charge in [0.2, 0.25) is 0 Å². The van der Waals surface area contributed by atoms with Gasteiger partial charge in [-0.05, 0) is 12.8 Å². The van der Waals surface area contributed by atoms with Gasteiger partial charge in [-0.3, -0.25) is 4.68 Å². The molecule has 3 N–H and O–H groups in total. The lowest BCUT2D eigenvalue weighted by Gasteiger charge is -2.08. The molecule has 0 aliphatic heterocycles. The zero-order valence-corrected chi connectivity index (χ0v) is 10.9. The quantitative estimate of drug-likeness (QED) is 0.634. The van der Waals surface area contributed by atoms with E-state index in [-0.39, 0.29) is 0 Å². The van der Waals surface area contributed by atoms with E-state index in [2.05, 4.69) is 34.3 Å². The van der Waals surface area contributed by atoms with Crippen LogP contribution >= 0.6 is 0 Å². The zero-order valence-electron chi connectivity index (χ0n) is 10.9. The Morgan fingerprint density at radius 3 is 2.72 bits per heavy atom. The number of hydrogen-bond donors (Lipinski definition) is 2. The second-order valence-corrected chi connectivity index (χ2v) is 4.39. The molecule has 0 fully saturated rings. The second-order valence-electron chi connectivity index (χ2n) is 4.39. The molecule has 96 valence electrons. The van der Waals surface area contributed by atoms with E-state index in [1.165, 1.54) is 0 Å². The summed E-state index contributed by atoms with van der Waals surface area (Å²) in [6.07, 6.45) is 3.70. The Bertz CT molecular complexity index is 531. The molecule has 0 radical (unpaired) electrons. The topological polar surface area (TPSA) is 81.7 Å². The third-order valence-corrected chi connectivity index (χ3v) is 2.70. The maximum absolute atomic E-state index is 5.44. The first-order valence-corrected chi connectivity index (χ1v) is 6.02. The normalized spacial score (nSPS) is 10.9. The highest BCUT2D eigenvalue weighted by molar-refractivity contribution is 5.55. The van der Waals surface area contributed by atoms with Crippen molar-refractivity contribution in [2.24, 2.45) is 5.84 Å². The van der Waals surface area contributed by atoms with E-state index in [4.69, 9.17) is 5.84 Å².